The number of aryl methyl sites for hydroxylation is 1. The second-order valence-electron chi connectivity index (χ2n) is 4.03. The molecule has 0 unspecified atom stereocenters. The van der Waals surface area contributed by atoms with Crippen molar-refractivity contribution in [2.75, 3.05) is 0 Å². The first kappa shape index (κ1) is 12.2. The monoisotopic (exact) mass is 242 g/mol. The van der Waals surface area contributed by atoms with Gasteiger partial charge < -0.3 is 0 Å². The summed E-state index contributed by atoms with van der Waals surface area (Å²) in [5, 5.41) is 0. The zero-order chi connectivity index (χ0) is 13.1. The number of rotatable bonds is 3. The highest BCUT2D eigenvalue weighted by molar-refractivity contribution is 6.10. The molecule has 18 heavy (non-hydrogen) atoms. The van der Waals surface area contributed by atoms with Crippen molar-refractivity contribution in [3.05, 3.63) is 70.5 Å². The topological polar surface area (TPSA) is 34.1 Å². The van der Waals surface area contributed by atoms with E-state index in [9.17, 15) is 14.0 Å². The van der Waals surface area contributed by atoms with Crippen LogP contribution >= 0.6 is 0 Å². The van der Waals surface area contributed by atoms with E-state index in [1.54, 1.807) is 25.1 Å². The highest BCUT2D eigenvalue weighted by atomic mass is 19.1. The van der Waals surface area contributed by atoms with Crippen molar-refractivity contribution in [3.63, 3.8) is 0 Å². The lowest BCUT2D eigenvalue weighted by Gasteiger charge is -2.06. The maximum atomic E-state index is 13.1. The van der Waals surface area contributed by atoms with Crippen molar-refractivity contribution in [1.29, 1.82) is 0 Å². The maximum Gasteiger partial charge on any atom is 0.193 e. The van der Waals surface area contributed by atoms with E-state index in [2.05, 4.69) is 0 Å². The van der Waals surface area contributed by atoms with E-state index in [1.165, 1.54) is 24.3 Å². The third kappa shape index (κ3) is 2.35. The number of halogens is 1. The second kappa shape index (κ2) is 4.92. The first-order chi connectivity index (χ1) is 8.61. The molecule has 0 aliphatic heterocycles. The zero-order valence-corrected chi connectivity index (χ0v) is 9.81. The first-order valence-electron chi connectivity index (χ1n) is 5.48. The zero-order valence-electron chi connectivity index (χ0n) is 9.81. The molecule has 0 bridgehead atoms. The lowest BCUT2D eigenvalue weighted by Crippen LogP contribution is -2.05. The summed E-state index contributed by atoms with van der Waals surface area (Å²) in [5.74, 6) is -0.735. The maximum absolute atomic E-state index is 13.1. The molecule has 0 aliphatic rings. The molecule has 90 valence electrons. The first-order valence-corrected chi connectivity index (χ1v) is 5.48. The normalized spacial score (nSPS) is 10.1. The largest absolute Gasteiger partial charge is 0.298 e. The Balaban J connectivity index is 2.48. The molecule has 2 aromatic carbocycles. The van der Waals surface area contributed by atoms with Crippen LogP contribution in [0.3, 0.4) is 0 Å². The number of benzene rings is 2. The Labute approximate surface area is 104 Å². The number of aldehydes is 1. The summed E-state index contributed by atoms with van der Waals surface area (Å²) >= 11 is 0. The summed E-state index contributed by atoms with van der Waals surface area (Å²) in [7, 11) is 0. The molecule has 2 nitrogen and oxygen atoms in total. The minimum Gasteiger partial charge on any atom is -0.298 e. The molecular weight excluding hydrogens is 231 g/mol. The number of hydrogen-bond acceptors (Lipinski definition) is 2. The fourth-order valence-electron chi connectivity index (χ4n) is 1.74. The minimum atomic E-state index is -0.454. The van der Waals surface area contributed by atoms with E-state index in [0.29, 0.717) is 17.4 Å². The lowest BCUT2D eigenvalue weighted by atomic mass is 9.97. The molecule has 0 spiro atoms. The van der Waals surface area contributed by atoms with Gasteiger partial charge in [0.1, 0.15) is 12.1 Å². The smallest absolute Gasteiger partial charge is 0.193 e. The Morgan fingerprint density at radius 2 is 1.94 bits per heavy atom. The van der Waals surface area contributed by atoms with Gasteiger partial charge in [-0.05, 0) is 30.7 Å². The van der Waals surface area contributed by atoms with Crippen molar-refractivity contribution in [2.24, 2.45) is 0 Å². The van der Waals surface area contributed by atoms with Crippen LogP contribution in [-0.4, -0.2) is 12.1 Å². The van der Waals surface area contributed by atoms with Gasteiger partial charge in [-0.15, -0.1) is 0 Å². The van der Waals surface area contributed by atoms with Gasteiger partial charge in [-0.1, -0.05) is 24.3 Å². The van der Waals surface area contributed by atoms with Gasteiger partial charge in [0.2, 0.25) is 0 Å². The summed E-state index contributed by atoms with van der Waals surface area (Å²) in [4.78, 5) is 22.9. The standard InChI is InChI=1S/C15H11FO2/c1-10-5-6-11(9-17)7-14(10)15(18)12-3-2-4-13(16)8-12/h2-9H,1H3. The van der Waals surface area contributed by atoms with Gasteiger partial charge in [0.15, 0.2) is 5.78 Å². The van der Waals surface area contributed by atoms with Gasteiger partial charge in [-0.25, -0.2) is 4.39 Å². The average molecular weight is 242 g/mol. The summed E-state index contributed by atoms with van der Waals surface area (Å²) in [6.07, 6.45) is 0.682. The van der Waals surface area contributed by atoms with E-state index >= 15 is 0 Å². The Morgan fingerprint density at radius 3 is 2.61 bits per heavy atom. The predicted molar refractivity (Wildman–Crippen MR) is 66.4 cm³/mol. The van der Waals surface area contributed by atoms with Crippen LogP contribution in [-0.2, 0) is 0 Å². The van der Waals surface area contributed by atoms with Crippen LogP contribution in [0.4, 0.5) is 4.39 Å². The molecule has 0 radical (unpaired) electrons. The van der Waals surface area contributed by atoms with Gasteiger partial charge >= 0.3 is 0 Å². The molecule has 0 saturated carbocycles. The Bertz CT molecular complexity index is 618. The molecule has 0 aromatic heterocycles. The molecule has 2 rings (SSSR count). The quantitative estimate of drug-likeness (QED) is 0.612. The highest BCUT2D eigenvalue weighted by Gasteiger charge is 2.12. The molecule has 0 saturated heterocycles. The number of carbonyl (C=O) groups is 2. The number of carbonyl (C=O) groups excluding carboxylic acids is 2. The van der Waals surface area contributed by atoms with Gasteiger partial charge in [-0.2, -0.15) is 0 Å². The fourth-order valence-corrected chi connectivity index (χ4v) is 1.74. The van der Waals surface area contributed by atoms with Crippen LogP contribution in [0.2, 0.25) is 0 Å². The van der Waals surface area contributed by atoms with Crippen LogP contribution in [0, 0.1) is 12.7 Å². The third-order valence-corrected chi connectivity index (χ3v) is 2.73. The van der Waals surface area contributed by atoms with E-state index in [1.807, 2.05) is 0 Å². The van der Waals surface area contributed by atoms with Crippen molar-refractivity contribution in [1.82, 2.24) is 0 Å². The van der Waals surface area contributed by atoms with Crippen molar-refractivity contribution in [3.8, 4) is 0 Å². The minimum absolute atomic E-state index is 0.279. The highest BCUT2D eigenvalue weighted by Crippen LogP contribution is 2.16. The number of hydrogen-bond donors (Lipinski definition) is 0. The summed E-state index contributed by atoms with van der Waals surface area (Å²) in [5.41, 5.74) is 1.89. The van der Waals surface area contributed by atoms with E-state index in [-0.39, 0.29) is 11.3 Å². The van der Waals surface area contributed by atoms with Crippen LogP contribution < -0.4 is 0 Å². The van der Waals surface area contributed by atoms with Crippen molar-refractivity contribution in [2.45, 2.75) is 6.92 Å². The molecule has 0 fully saturated rings. The average Bonchev–Trinajstić information content (AvgIpc) is 2.38. The number of ketones is 1. The van der Waals surface area contributed by atoms with E-state index < -0.39 is 5.82 Å². The molecule has 0 atom stereocenters. The van der Waals surface area contributed by atoms with Gasteiger partial charge in [0.05, 0.1) is 0 Å². The summed E-state index contributed by atoms with van der Waals surface area (Å²) < 4.78 is 13.1. The summed E-state index contributed by atoms with van der Waals surface area (Å²) in [6.45, 7) is 1.78. The molecular formula is C15H11FO2. The van der Waals surface area contributed by atoms with Gasteiger partial charge in [0, 0.05) is 16.7 Å². The van der Waals surface area contributed by atoms with E-state index in [0.717, 1.165) is 5.56 Å². The second-order valence-corrected chi connectivity index (χ2v) is 4.03. The Hall–Kier alpha value is -2.29. The van der Waals surface area contributed by atoms with Gasteiger partial charge in [0.25, 0.3) is 0 Å². The molecule has 0 heterocycles. The van der Waals surface area contributed by atoms with Crippen molar-refractivity contribution >= 4 is 12.1 Å². The SMILES string of the molecule is Cc1ccc(C=O)cc1C(=O)c1cccc(F)c1. The van der Waals surface area contributed by atoms with Crippen LogP contribution in [0.1, 0.15) is 31.8 Å². The van der Waals surface area contributed by atoms with Gasteiger partial charge in [-0.3, -0.25) is 9.59 Å². The molecule has 2 aromatic rings. The lowest BCUT2D eigenvalue weighted by molar-refractivity contribution is 0.103. The van der Waals surface area contributed by atoms with E-state index in [4.69, 9.17) is 0 Å². The molecule has 0 aliphatic carbocycles. The summed E-state index contributed by atoms with van der Waals surface area (Å²) in [6, 6.07) is 10.4. The van der Waals surface area contributed by atoms with Crippen LogP contribution in [0.5, 0.6) is 0 Å². The molecule has 0 N–H and O–H groups in total. The Morgan fingerprint density at radius 1 is 1.17 bits per heavy atom. The van der Waals surface area contributed by atoms with Crippen molar-refractivity contribution < 1.29 is 14.0 Å². The third-order valence-electron chi connectivity index (χ3n) is 2.73. The molecule has 0 amide bonds. The Kier molecular flexibility index (Phi) is 3.33. The van der Waals surface area contributed by atoms with Crippen LogP contribution in [0.15, 0.2) is 42.5 Å². The van der Waals surface area contributed by atoms with Crippen LogP contribution in [0.25, 0.3) is 0 Å². The fraction of sp³-hybridized carbons (Fsp3) is 0.0667. The molecule has 3 heteroatoms. The predicted octanol–water partition coefficient (Wildman–Crippen LogP) is 3.18.